The number of hydrogen-bond acceptors (Lipinski definition) is 6. The minimum absolute atomic E-state index is 0. The monoisotopic (exact) mass is 492 g/mol. The molecule has 2 aliphatic heterocycles. The van der Waals surface area contributed by atoms with Gasteiger partial charge in [0.25, 0.3) is 0 Å². The largest absolute Gasteiger partial charge is 0.460 e. The number of nitrogens with zero attached hydrogens (tertiary/aromatic N) is 2. The van der Waals surface area contributed by atoms with Crippen LogP contribution in [0.1, 0.15) is 64.9 Å². The summed E-state index contributed by atoms with van der Waals surface area (Å²) in [6, 6.07) is 5.13. The first-order valence-corrected chi connectivity index (χ1v) is 12.3. The van der Waals surface area contributed by atoms with E-state index in [1.165, 1.54) is 0 Å². The molecule has 0 bridgehead atoms. The number of carbonyl (C=O) groups is 2. The molecule has 2 saturated heterocycles. The third-order valence-corrected chi connectivity index (χ3v) is 6.71. The molecule has 1 amide bonds. The van der Waals surface area contributed by atoms with E-state index in [1.807, 2.05) is 16.7 Å². The van der Waals surface area contributed by atoms with Gasteiger partial charge in [-0.3, -0.25) is 15.0 Å². The number of benzene rings is 1. The van der Waals surface area contributed by atoms with Crippen molar-refractivity contribution in [1.82, 2.24) is 4.90 Å². The van der Waals surface area contributed by atoms with Crippen LogP contribution in [0.25, 0.3) is 0 Å². The molecule has 1 aromatic carbocycles. The van der Waals surface area contributed by atoms with Crippen LogP contribution >= 0.6 is 0 Å². The highest BCUT2D eigenvalue weighted by Crippen LogP contribution is 2.29. The lowest BCUT2D eigenvalue weighted by Gasteiger charge is -2.35. The van der Waals surface area contributed by atoms with E-state index < -0.39 is 5.97 Å². The summed E-state index contributed by atoms with van der Waals surface area (Å²) in [5.74, 6) is -0.507. The smallest absolute Gasteiger partial charge is 0.313 e. The van der Waals surface area contributed by atoms with Crippen LogP contribution in [0.5, 0.6) is 0 Å². The maximum Gasteiger partial charge on any atom is 0.313 e. The van der Waals surface area contributed by atoms with E-state index in [0.717, 1.165) is 64.9 Å². The van der Waals surface area contributed by atoms with Crippen molar-refractivity contribution in [2.45, 2.75) is 72.0 Å². The number of esters is 1. The predicted molar refractivity (Wildman–Crippen MR) is 135 cm³/mol. The molecule has 0 spiro atoms. The number of amidine groups is 1. The lowest BCUT2D eigenvalue weighted by molar-refractivity contribution is -0.143. The molecule has 0 aliphatic carbocycles. The van der Waals surface area contributed by atoms with Crippen molar-refractivity contribution in [3.8, 4) is 0 Å². The van der Waals surface area contributed by atoms with Crippen LogP contribution in [0.15, 0.2) is 18.2 Å². The summed E-state index contributed by atoms with van der Waals surface area (Å²) in [7, 11) is 0. The van der Waals surface area contributed by atoms with Crippen LogP contribution < -0.4 is 10.6 Å². The van der Waals surface area contributed by atoms with Gasteiger partial charge in [0.05, 0.1) is 11.8 Å². The number of carbonyl (C=O) groups excluding carboxylic acids is 2. The Morgan fingerprint density at radius 1 is 1.14 bits per heavy atom. The van der Waals surface area contributed by atoms with Crippen LogP contribution in [0.2, 0.25) is 0 Å². The number of nitrogens with one attached hydrogen (secondary N) is 1. The molecule has 2 fully saturated rings. The van der Waals surface area contributed by atoms with E-state index >= 15 is 4.39 Å². The summed E-state index contributed by atoms with van der Waals surface area (Å²) in [5, 5.41) is 7.13. The Labute approximate surface area is 208 Å². The fourth-order valence-corrected chi connectivity index (χ4v) is 4.65. The maximum absolute atomic E-state index is 15.0. The Kier molecular flexibility index (Phi) is 11.4. The first-order valence-electron chi connectivity index (χ1n) is 12.3. The van der Waals surface area contributed by atoms with Crippen LogP contribution in [0, 0.1) is 17.1 Å². The zero-order valence-electron chi connectivity index (χ0n) is 20.1. The number of likely N-dealkylation sites (tertiary alicyclic amines) is 1. The quantitative estimate of drug-likeness (QED) is 0.292. The summed E-state index contributed by atoms with van der Waals surface area (Å²) in [6.07, 6.45) is 5.27. The van der Waals surface area contributed by atoms with Crippen LogP contribution in [-0.4, -0.2) is 61.5 Å². The molecule has 0 saturated carbocycles. The molecule has 0 aromatic heterocycles. The molecule has 35 heavy (non-hydrogen) atoms. The molecule has 0 atom stereocenters. The average Bonchev–Trinajstić information content (AvgIpc) is 2.83. The van der Waals surface area contributed by atoms with E-state index in [-0.39, 0.29) is 44.1 Å². The highest BCUT2D eigenvalue weighted by molar-refractivity contribution is 5.94. The van der Waals surface area contributed by atoms with Gasteiger partial charge in [-0.2, -0.15) is 0 Å². The molecule has 9 heteroatoms. The van der Waals surface area contributed by atoms with Crippen molar-refractivity contribution in [1.29, 1.82) is 5.41 Å². The standard InChI is InChI=1S/C25H37FN4O4.CH4/c1-2-23(31)30-13-8-20(9-14-30)33-15-10-18-6-11-29(12-7-18)21-5-3-4-19(25(21)26)17-34-24(32)16-22(27)28;/h3-5,18,20H,2,6-17H2,1H3,(H3,27,28);1H4. The highest BCUT2D eigenvalue weighted by atomic mass is 19.1. The summed E-state index contributed by atoms with van der Waals surface area (Å²) in [4.78, 5) is 27.4. The fraction of sp³-hybridized carbons (Fsp3) is 0.654. The van der Waals surface area contributed by atoms with E-state index in [0.29, 0.717) is 23.6 Å². The minimum atomic E-state index is -0.639. The van der Waals surface area contributed by atoms with Gasteiger partial charge in [-0.25, -0.2) is 4.39 Å². The van der Waals surface area contributed by atoms with Crippen molar-refractivity contribution >= 4 is 23.4 Å². The average molecular weight is 493 g/mol. The molecule has 8 nitrogen and oxygen atoms in total. The van der Waals surface area contributed by atoms with Gasteiger partial charge in [0, 0.05) is 44.8 Å². The maximum atomic E-state index is 15.0. The Hall–Kier alpha value is -2.68. The van der Waals surface area contributed by atoms with E-state index in [2.05, 4.69) is 0 Å². The molecule has 3 rings (SSSR count). The molecule has 196 valence electrons. The summed E-state index contributed by atoms with van der Waals surface area (Å²) >= 11 is 0. The number of nitrogens with two attached hydrogens (primary N) is 1. The molecule has 1 aromatic rings. The zero-order valence-corrected chi connectivity index (χ0v) is 20.1. The van der Waals surface area contributed by atoms with Crippen molar-refractivity contribution in [2.75, 3.05) is 37.7 Å². The number of piperidine rings is 2. The molecule has 3 N–H and O–H groups in total. The van der Waals surface area contributed by atoms with Crippen LogP contribution in [-0.2, 0) is 25.7 Å². The van der Waals surface area contributed by atoms with Gasteiger partial charge in [-0.05, 0) is 44.1 Å². The normalized spacial score (nSPS) is 17.1. The van der Waals surface area contributed by atoms with Crippen molar-refractivity contribution in [3.63, 3.8) is 0 Å². The molecular weight excluding hydrogens is 451 g/mol. The zero-order chi connectivity index (χ0) is 24.5. The highest BCUT2D eigenvalue weighted by Gasteiger charge is 2.25. The second-order valence-electron chi connectivity index (χ2n) is 9.14. The second kappa shape index (κ2) is 14.0. The van der Waals surface area contributed by atoms with Gasteiger partial charge in [0.1, 0.15) is 18.9 Å². The third-order valence-electron chi connectivity index (χ3n) is 6.71. The van der Waals surface area contributed by atoms with Gasteiger partial charge in [0.2, 0.25) is 5.91 Å². The van der Waals surface area contributed by atoms with Crippen LogP contribution in [0.3, 0.4) is 0 Å². The van der Waals surface area contributed by atoms with E-state index in [1.54, 1.807) is 18.2 Å². The molecule has 2 aliphatic rings. The van der Waals surface area contributed by atoms with Gasteiger partial charge >= 0.3 is 5.97 Å². The molecule has 2 heterocycles. The topological polar surface area (TPSA) is 109 Å². The van der Waals surface area contributed by atoms with Gasteiger partial charge < -0.3 is 25.0 Å². The fourth-order valence-electron chi connectivity index (χ4n) is 4.65. The van der Waals surface area contributed by atoms with Crippen LogP contribution in [0.4, 0.5) is 10.1 Å². The summed E-state index contributed by atoms with van der Waals surface area (Å²) < 4.78 is 26.2. The Morgan fingerprint density at radius 3 is 2.46 bits per heavy atom. The van der Waals surface area contributed by atoms with Gasteiger partial charge in [0.15, 0.2) is 5.82 Å². The first-order chi connectivity index (χ1) is 16.4. The Bertz CT molecular complexity index is 850. The SMILES string of the molecule is C.CCC(=O)N1CCC(OCCC2CCN(c3cccc(COC(=O)CC(=N)N)c3F)CC2)CC1. The van der Waals surface area contributed by atoms with E-state index in [9.17, 15) is 9.59 Å². The van der Waals surface area contributed by atoms with Gasteiger partial charge in [-0.15, -0.1) is 0 Å². The minimum Gasteiger partial charge on any atom is -0.460 e. The Balaban J connectivity index is 0.00000432. The van der Waals surface area contributed by atoms with E-state index in [4.69, 9.17) is 20.6 Å². The summed E-state index contributed by atoms with van der Waals surface area (Å²) in [5.41, 5.74) is 6.04. The summed E-state index contributed by atoms with van der Waals surface area (Å²) in [6.45, 7) is 5.57. The molecular formula is C26H41FN4O4. The lowest BCUT2D eigenvalue weighted by Crippen LogP contribution is -2.40. The number of rotatable bonds is 10. The predicted octanol–water partition coefficient (Wildman–Crippen LogP) is 3.86. The number of anilines is 1. The number of amides is 1. The van der Waals surface area contributed by atoms with Crippen molar-refractivity contribution < 1.29 is 23.5 Å². The lowest BCUT2D eigenvalue weighted by atomic mass is 9.93. The molecule has 0 unspecified atom stereocenters. The second-order valence-corrected chi connectivity index (χ2v) is 9.14. The molecule has 0 radical (unpaired) electrons. The number of hydrogen-bond donors (Lipinski definition) is 2. The Morgan fingerprint density at radius 2 is 1.83 bits per heavy atom. The number of ether oxygens (including phenoxy) is 2. The third kappa shape index (κ3) is 8.49. The van der Waals surface area contributed by atoms with Crippen molar-refractivity contribution in [2.24, 2.45) is 11.7 Å². The van der Waals surface area contributed by atoms with Gasteiger partial charge in [-0.1, -0.05) is 26.5 Å². The first kappa shape index (κ1) is 28.6. The van der Waals surface area contributed by atoms with Crippen molar-refractivity contribution in [3.05, 3.63) is 29.6 Å². The number of halogens is 1.